The molecule has 1 aliphatic heterocycles. The minimum Gasteiger partial charge on any atom is -0.342 e. The van der Waals surface area contributed by atoms with Crippen molar-refractivity contribution in [2.75, 3.05) is 39.8 Å². The fraction of sp³-hybridized carbons (Fsp3) is 0.923. The van der Waals surface area contributed by atoms with Gasteiger partial charge in [-0.25, -0.2) is 0 Å². The van der Waals surface area contributed by atoms with Crippen LogP contribution in [0.3, 0.4) is 0 Å². The van der Waals surface area contributed by atoms with E-state index >= 15 is 0 Å². The van der Waals surface area contributed by atoms with Crippen LogP contribution in [0.15, 0.2) is 0 Å². The number of nitrogens with zero attached hydrogens (tertiary/aromatic N) is 2. The van der Waals surface area contributed by atoms with E-state index in [0.29, 0.717) is 18.5 Å². The molecule has 1 heterocycles. The largest absolute Gasteiger partial charge is 0.342 e. The molecule has 17 heavy (non-hydrogen) atoms. The fourth-order valence-electron chi connectivity index (χ4n) is 2.67. The molecule has 0 aromatic heterocycles. The Morgan fingerprint density at radius 2 is 2.06 bits per heavy atom. The number of amides is 1. The summed E-state index contributed by atoms with van der Waals surface area (Å²) in [5.74, 6) is 0.892. The van der Waals surface area contributed by atoms with Crippen LogP contribution in [0.1, 0.15) is 27.2 Å². The van der Waals surface area contributed by atoms with Crippen molar-refractivity contribution in [2.24, 2.45) is 5.92 Å². The number of hydrogen-bond acceptors (Lipinski definition) is 3. The van der Waals surface area contributed by atoms with Crippen LogP contribution in [-0.4, -0.2) is 61.5 Å². The third-order valence-electron chi connectivity index (χ3n) is 3.84. The Bertz CT molecular complexity index is 241. The standard InChI is InChI=1S/C13H27N3O/c1-5-16(6-2)13(17)10-15-8-7-12(14-4)11(3)9-15/h11-12,14H,5-10H2,1-4H3. The van der Waals surface area contributed by atoms with Gasteiger partial charge in [0, 0.05) is 32.2 Å². The summed E-state index contributed by atoms with van der Waals surface area (Å²) in [5.41, 5.74) is 0. The van der Waals surface area contributed by atoms with Gasteiger partial charge in [-0.2, -0.15) is 0 Å². The van der Waals surface area contributed by atoms with Gasteiger partial charge in [0.05, 0.1) is 6.54 Å². The first-order valence-corrected chi connectivity index (χ1v) is 6.79. The first kappa shape index (κ1) is 14.5. The summed E-state index contributed by atoms with van der Waals surface area (Å²) in [6.07, 6.45) is 1.14. The topological polar surface area (TPSA) is 35.6 Å². The zero-order chi connectivity index (χ0) is 12.8. The lowest BCUT2D eigenvalue weighted by Gasteiger charge is -2.37. The Kier molecular flexibility index (Phi) is 5.92. The Labute approximate surface area is 105 Å². The number of likely N-dealkylation sites (tertiary alicyclic amines) is 1. The molecule has 1 aliphatic rings. The van der Waals surface area contributed by atoms with E-state index in [1.165, 1.54) is 0 Å². The van der Waals surface area contributed by atoms with Crippen molar-refractivity contribution < 1.29 is 4.79 Å². The van der Waals surface area contributed by atoms with Crippen molar-refractivity contribution >= 4 is 5.91 Å². The average molecular weight is 241 g/mol. The number of nitrogens with one attached hydrogen (secondary N) is 1. The quantitative estimate of drug-likeness (QED) is 0.773. The first-order valence-electron chi connectivity index (χ1n) is 6.79. The minimum absolute atomic E-state index is 0.269. The molecule has 100 valence electrons. The number of likely N-dealkylation sites (N-methyl/N-ethyl adjacent to an activating group) is 1. The van der Waals surface area contributed by atoms with Gasteiger partial charge in [-0.15, -0.1) is 0 Å². The maximum absolute atomic E-state index is 12.0. The van der Waals surface area contributed by atoms with Gasteiger partial charge in [-0.05, 0) is 33.2 Å². The van der Waals surface area contributed by atoms with E-state index in [1.54, 1.807) is 0 Å². The van der Waals surface area contributed by atoms with Crippen LogP contribution in [0, 0.1) is 5.92 Å². The molecule has 1 saturated heterocycles. The lowest BCUT2D eigenvalue weighted by Crippen LogP contribution is -2.50. The summed E-state index contributed by atoms with van der Waals surface area (Å²) in [5, 5.41) is 3.35. The molecule has 0 aromatic rings. The van der Waals surface area contributed by atoms with E-state index in [1.807, 2.05) is 25.8 Å². The van der Waals surface area contributed by atoms with Crippen molar-refractivity contribution in [1.29, 1.82) is 0 Å². The molecule has 0 bridgehead atoms. The molecule has 4 heteroatoms. The van der Waals surface area contributed by atoms with Crippen LogP contribution in [0.4, 0.5) is 0 Å². The van der Waals surface area contributed by atoms with Gasteiger partial charge in [-0.1, -0.05) is 6.92 Å². The lowest BCUT2D eigenvalue weighted by molar-refractivity contribution is -0.132. The molecular weight excluding hydrogens is 214 g/mol. The highest BCUT2D eigenvalue weighted by molar-refractivity contribution is 5.78. The second kappa shape index (κ2) is 6.97. The monoisotopic (exact) mass is 241 g/mol. The van der Waals surface area contributed by atoms with Crippen LogP contribution < -0.4 is 5.32 Å². The molecule has 0 aromatic carbocycles. The molecule has 1 N–H and O–H groups in total. The maximum Gasteiger partial charge on any atom is 0.236 e. The molecule has 1 fully saturated rings. The number of piperidine rings is 1. The molecule has 2 atom stereocenters. The summed E-state index contributed by atoms with van der Waals surface area (Å²) in [7, 11) is 2.03. The third kappa shape index (κ3) is 3.96. The van der Waals surface area contributed by atoms with Gasteiger partial charge >= 0.3 is 0 Å². The molecule has 0 radical (unpaired) electrons. The predicted octanol–water partition coefficient (Wildman–Crippen LogP) is 0.785. The fourth-order valence-corrected chi connectivity index (χ4v) is 2.67. The van der Waals surface area contributed by atoms with Crippen LogP contribution in [0.5, 0.6) is 0 Å². The van der Waals surface area contributed by atoms with E-state index in [-0.39, 0.29) is 5.91 Å². The molecule has 4 nitrogen and oxygen atoms in total. The molecule has 0 aliphatic carbocycles. The van der Waals surface area contributed by atoms with Crippen LogP contribution in [-0.2, 0) is 4.79 Å². The molecular formula is C13H27N3O. The summed E-state index contributed by atoms with van der Waals surface area (Å²) in [6, 6.07) is 0.606. The van der Waals surface area contributed by atoms with Gasteiger partial charge in [0.15, 0.2) is 0 Å². The zero-order valence-electron chi connectivity index (χ0n) is 11.7. The maximum atomic E-state index is 12.0. The summed E-state index contributed by atoms with van der Waals surface area (Å²) < 4.78 is 0. The number of carbonyl (C=O) groups excluding carboxylic acids is 1. The van der Waals surface area contributed by atoms with Crippen LogP contribution in [0.25, 0.3) is 0 Å². The second-order valence-electron chi connectivity index (χ2n) is 4.96. The summed E-state index contributed by atoms with van der Waals surface area (Å²) in [4.78, 5) is 16.2. The van der Waals surface area contributed by atoms with Crippen molar-refractivity contribution in [1.82, 2.24) is 15.1 Å². The highest BCUT2D eigenvalue weighted by Crippen LogP contribution is 2.16. The molecule has 0 spiro atoms. The lowest BCUT2D eigenvalue weighted by atomic mass is 9.94. The van der Waals surface area contributed by atoms with Gasteiger partial charge in [-0.3, -0.25) is 9.69 Å². The van der Waals surface area contributed by atoms with Gasteiger partial charge in [0.1, 0.15) is 0 Å². The second-order valence-corrected chi connectivity index (χ2v) is 4.96. The van der Waals surface area contributed by atoms with Crippen LogP contribution >= 0.6 is 0 Å². The summed E-state index contributed by atoms with van der Waals surface area (Å²) >= 11 is 0. The number of rotatable bonds is 5. The van der Waals surface area contributed by atoms with Gasteiger partial charge in [0.25, 0.3) is 0 Å². The molecule has 1 amide bonds. The van der Waals surface area contributed by atoms with E-state index < -0.39 is 0 Å². The average Bonchev–Trinajstić information content (AvgIpc) is 2.31. The number of hydrogen-bond donors (Lipinski definition) is 1. The first-order chi connectivity index (χ1) is 8.12. The van der Waals surface area contributed by atoms with E-state index in [2.05, 4.69) is 17.1 Å². The van der Waals surface area contributed by atoms with E-state index in [0.717, 1.165) is 32.6 Å². The molecule has 0 saturated carbocycles. The van der Waals surface area contributed by atoms with Gasteiger partial charge < -0.3 is 10.2 Å². The zero-order valence-corrected chi connectivity index (χ0v) is 11.7. The Balaban J connectivity index is 2.41. The van der Waals surface area contributed by atoms with Crippen LogP contribution in [0.2, 0.25) is 0 Å². The van der Waals surface area contributed by atoms with Gasteiger partial charge in [0.2, 0.25) is 5.91 Å². The molecule has 1 rings (SSSR count). The Morgan fingerprint density at radius 3 is 2.53 bits per heavy atom. The Morgan fingerprint density at radius 1 is 1.41 bits per heavy atom. The van der Waals surface area contributed by atoms with Crippen molar-refractivity contribution in [3.63, 3.8) is 0 Å². The number of carbonyl (C=O) groups is 1. The van der Waals surface area contributed by atoms with E-state index in [9.17, 15) is 4.79 Å². The Hall–Kier alpha value is -0.610. The SMILES string of the molecule is CCN(CC)C(=O)CN1CCC(NC)C(C)C1. The van der Waals surface area contributed by atoms with Crippen molar-refractivity contribution in [2.45, 2.75) is 33.2 Å². The normalized spacial score (nSPS) is 25.9. The van der Waals surface area contributed by atoms with Crippen molar-refractivity contribution in [3.05, 3.63) is 0 Å². The minimum atomic E-state index is 0.269. The third-order valence-corrected chi connectivity index (χ3v) is 3.84. The smallest absolute Gasteiger partial charge is 0.236 e. The highest BCUT2D eigenvalue weighted by Gasteiger charge is 2.26. The van der Waals surface area contributed by atoms with Crippen molar-refractivity contribution in [3.8, 4) is 0 Å². The molecule has 2 unspecified atom stereocenters. The highest BCUT2D eigenvalue weighted by atomic mass is 16.2. The van der Waals surface area contributed by atoms with E-state index in [4.69, 9.17) is 0 Å². The predicted molar refractivity (Wildman–Crippen MR) is 71.0 cm³/mol. The summed E-state index contributed by atoms with van der Waals surface area (Å²) in [6.45, 7) is 10.6.